The van der Waals surface area contributed by atoms with Crippen LogP contribution in [0.25, 0.3) is 0 Å². The molecule has 1 fully saturated rings. The van der Waals surface area contributed by atoms with Crippen LogP contribution in [-0.4, -0.2) is 60.7 Å². The number of sulfone groups is 1. The lowest BCUT2D eigenvalue weighted by Gasteiger charge is -2.40. The summed E-state index contributed by atoms with van der Waals surface area (Å²) in [5.74, 6) is 0.425. The highest BCUT2D eigenvalue weighted by Gasteiger charge is 2.33. The standard InChI is InChI=1S/C11H24N2O3S/c1-9(6-11(3,14)8-12)13-4-5-17(15,16)7-10(13)2/h9-10,14H,4-8,12H2,1-3H3. The first-order chi connectivity index (χ1) is 7.67. The predicted molar refractivity (Wildman–Crippen MR) is 68.6 cm³/mol. The van der Waals surface area contributed by atoms with Crippen LogP contribution in [-0.2, 0) is 9.84 Å². The van der Waals surface area contributed by atoms with Gasteiger partial charge in [0, 0.05) is 25.2 Å². The lowest BCUT2D eigenvalue weighted by Crippen LogP contribution is -2.53. The molecule has 6 heteroatoms. The average Bonchev–Trinajstić information content (AvgIpc) is 2.15. The Balaban J connectivity index is 2.62. The number of aliphatic hydroxyl groups is 1. The molecule has 3 atom stereocenters. The van der Waals surface area contributed by atoms with Crippen LogP contribution < -0.4 is 5.73 Å². The predicted octanol–water partition coefficient (Wildman–Crippen LogP) is -0.406. The molecule has 17 heavy (non-hydrogen) atoms. The molecule has 1 rings (SSSR count). The van der Waals surface area contributed by atoms with Crippen LogP contribution >= 0.6 is 0 Å². The van der Waals surface area contributed by atoms with Gasteiger partial charge in [-0.1, -0.05) is 0 Å². The van der Waals surface area contributed by atoms with Gasteiger partial charge in [-0.2, -0.15) is 0 Å². The van der Waals surface area contributed by atoms with Gasteiger partial charge in [-0.15, -0.1) is 0 Å². The SMILES string of the molecule is CC(CC(C)(O)CN)N1CCS(=O)(=O)CC1C. The van der Waals surface area contributed by atoms with Crippen LogP contribution in [0.1, 0.15) is 27.2 Å². The van der Waals surface area contributed by atoms with E-state index in [9.17, 15) is 13.5 Å². The Morgan fingerprint density at radius 2 is 2.18 bits per heavy atom. The molecule has 1 heterocycles. The summed E-state index contributed by atoms with van der Waals surface area (Å²) in [6, 6.07) is 0.149. The van der Waals surface area contributed by atoms with Gasteiger partial charge in [0.1, 0.15) is 0 Å². The fraction of sp³-hybridized carbons (Fsp3) is 1.00. The number of hydrogen-bond donors (Lipinski definition) is 2. The molecular formula is C11H24N2O3S. The topological polar surface area (TPSA) is 83.6 Å². The molecule has 0 aliphatic carbocycles. The maximum absolute atomic E-state index is 11.5. The van der Waals surface area contributed by atoms with Crippen molar-refractivity contribution in [2.24, 2.45) is 5.73 Å². The first kappa shape index (κ1) is 14.9. The second-order valence-corrected chi connectivity index (χ2v) is 7.68. The van der Waals surface area contributed by atoms with E-state index < -0.39 is 15.4 Å². The molecule has 0 aromatic carbocycles. The van der Waals surface area contributed by atoms with Gasteiger partial charge in [0.2, 0.25) is 0 Å². The summed E-state index contributed by atoms with van der Waals surface area (Å²) in [5, 5.41) is 9.94. The summed E-state index contributed by atoms with van der Waals surface area (Å²) in [5.41, 5.74) is 4.62. The van der Waals surface area contributed by atoms with Gasteiger partial charge in [-0.25, -0.2) is 8.42 Å². The van der Waals surface area contributed by atoms with E-state index in [0.29, 0.717) is 13.0 Å². The largest absolute Gasteiger partial charge is 0.389 e. The van der Waals surface area contributed by atoms with Crippen LogP contribution in [0.15, 0.2) is 0 Å². The number of hydrogen-bond acceptors (Lipinski definition) is 5. The van der Waals surface area contributed by atoms with Gasteiger partial charge in [-0.3, -0.25) is 4.90 Å². The maximum atomic E-state index is 11.5. The normalized spacial score (nSPS) is 30.8. The molecular weight excluding hydrogens is 240 g/mol. The Bertz CT molecular complexity index is 354. The van der Waals surface area contributed by atoms with Crippen LogP contribution in [0.5, 0.6) is 0 Å². The van der Waals surface area contributed by atoms with Crippen LogP contribution in [0.2, 0.25) is 0 Å². The molecule has 1 aliphatic rings. The minimum atomic E-state index is -2.88. The lowest BCUT2D eigenvalue weighted by molar-refractivity contribution is 0.0228. The van der Waals surface area contributed by atoms with Gasteiger partial charge in [0.15, 0.2) is 9.84 Å². The minimum Gasteiger partial charge on any atom is -0.389 e. The van der Waals surface area contributed by atoms with Crippen molar-refractivity contribution in [3.8, 4) is 0 Å². The first-order valence-corrected chi connectivity index (χ1v) is 7.87. The van der Waals surface area contributed by atoms with Gasteiger partial charge in [0.25, 0.3) is 0 Å². The van der Waals surface area contributed by atoms with Gasteiger partial charge in [0.05, 0.1) is 17.1 Å². The van der Waals surface area contributed by atoms with Gasteiger partial charge < -0.3 is 10.8 Å². The summed E-state index contributed by atoms with van der Waals surface area (Å²) in [7, 11) is -2.88. The smallest absolute Gasteiger partial charge is 0.153 e. The molecule has 3 N–H and O–H groups in total. The average molecular weight is 264 g/mol. The van der Waals surface area contributed by atoms with Gasteiger partial charge >= 0.3 is 0 Å². The first-order valence-electron chi connectivity index (χ1n) is 6.05. The quantitative estimate of drug-likeness (QED) is 0.721. The molecule has 0 spiro atoms. The van der Waals surface area contributed by atoms with Crippen molar-refractivity contribution in [2.75, 3.05) is 24.6 Å². The minimum absolute atomic E-state index is 0.0114. The van der Waals surface area contributed by atoms with Crippen molar-refractivity contribution in [2.45, 2.75) is 44.9 Å². The van der Waals surface area contributed by atoms with Crippen LogP contribution in [0.3, 0.4) is 0 Å². The zero-order valence-corrected chi connectivity index (χ0v) is 11.7. The highest BCUT2D eigenvalue weighted by Crippen LogP contribution is 2.20. The number of nitrogens with two attached hydrogens (primary N) is 1. The fourth-order valence-electron chi connectivity index (χ4n) is 2.50. The van der Waals surface area contributed by atoms with E-state index >= 15 is 0 Å². The van der Waals surface area contributed by atoms with E-state index in [0.717, 1.165) is 0 Å². The monoisotopic (exact) mass is 264 g/mol. The van der Waals surface area contributed by atoms with Crippen molar-refractivity contribution in [3.05, 3.63) is 0 Å². The Kier molecular flexibility index (Phi) is 4.57. The zero-order valence-electron chi connectivity index (χ0n) is 10.9. The van der Waals surface area contributed by atoms with Crippen molar-refractivity contribution in [1.82, 2.24) is 4.90 Å². The second-order valence-electron chi connectivity index (χ2n) is 5.46. The molecule has 0 radical (unpaired) electrons. The second kappa shape index (κ2) is 5.22. The van der Waals surface area contributed by atoms with E-state index in [1.165, 1.54) is 0 Å². The molecule has 0 aromatic rings. The van der Waals surface area contributed by atoms with Crippen LogP contribution in [0, 0.1) is 0 Å². The van der Waals surface area contributed by atoms with Crippen LogP contribution in [0.4, 0.5) is 0 Å². The molecule has 1 aliphatic heterocycles. The van der Waals surface area contributed by atoms with E-state index in [4.69, 9.17) is 5.73 Å². The molecule has 0 amide bonds. The molecule has 5 nitrogen and oxygen atoms in total. The van der Waals surface area contributed by atoms with Crippen molar-refractivity contribution < 1.29 is 13.5 Å². The van der Waals surface area contributed by atoms with Crippen molar-refractivity contribution in [3.63, 3.8) is 0 Å². The summed E-state index contributed by atoms with van der Waals surface area (Å²) >= 11 is 0. The Hall–Kier alpha value is -0.170. The number of nitrogens with zero attached hydrogens (tertiary/aromatic N) is 1. The third-order valence-corrected chi connectivity index (χ3v) is 5.26. The third kappa shape index (κ3) is 4.21. The molecule has 1 saturated heterocycles. The van der Waals surface area contributed by atoms with E-state index in [-0.39, 0.29) is 30.1 Å². The molecule has 0 bridgehead atoms. The highest BCUT2D eigenvalue weighted by atomic mass is 32.2. The fourth-order valence-corrected chi connectivity index (χ4v) is 4.09. The Labute approximate surface area is 104 Å². The molecule has 3 unspecified atom stereocenters. The Morgan fingerprint density at radius 3 is 2.65 bits per heavy atom. The molecule has 0 saturated carbocycles. The summed E-state index contributed by atoms with van der Waals surface area (Å²) < 4.78 is 22.9. The van der Waals surface area contributed by atoms with E-state index in [1.54, 1.807) is 6.92 Å². The van der Waals surface area contributed by atoms with Crippen molar-refractivity contribution >= 4 is 9.84 Å². The number of rotatable bonds is 4. The van der Waals surface area contributed by atoms with E-state index in [2.05, 4.69) is 4.90 Å². The molecule has 102 valence electrons. The molecule has 0 aromatic heterocycles. The summed E-state index contributed by atoms with van der Waals surface area (Å²) in [6.45, 7) is 6.42. The highest BCUT2D eigenvalue weighted by molar-refractivity contribution is 7.91. The van der Waals surface area contributed by atoms with Gasteiger partial charge in [-0.05, 0) is 27.2 Å². The summed E-state index contributed by atoms with van der Waals surface area (Å²) in [6.07, 6.45) is 0.563. The van der Waals surface area contributed by atoms with Crippen molar-refractivity contribution in [1.29, 1.82) is 0 Å². The lowest BCUT2D eigenvalue weighted by atomic mass is 9.96. The van der Waals surface area contributed by atoms with E-state index in [1.807, 2.05) is 13.8 Å². The Morgan fingerprint density at radius 1 is 1.59 bits per heavy atom. The maximum Gasteiger partial charge on any atom is 0.153 e. The summed E-state index contributed by atoms with van der Waals surface area (Å²) in [4.78, 5) is 2.14. The third-order valence-electron chi connectivity index (χ3n) is 3.46. The zero-order chi connectivity index (χ0) is 13.3.